The summed E-state index contributed by atoms with van der Waals surface area (Å²) in [4.78, 5) is 4.50. The Labute approximate surface area is 156 Å². The van der Waals surface area contributed by atoms with E-state index in [0.29, 0.717) is 6.54 Å². The van der Waals surface area contributed by atoms with Gasteiger partial charge in [-0.1, -0.05) is 19.1 Å². The molecule has 7 nitrogen and oxygen atoms in total. The summed E-state index contributed by atoms with van der Waals surface area (Å²) >= 11 is 0. The van der Waals surface area contributed by atoms with Crippen molar-refractivity contribution in [1.82, 2.24) is 25.4 Å². The molecule has 0 spiro atoms. The summed E-state index contributed by atoms with van der Waals surface area (Å²) in [5, 5.41) is 14.6. The van der Waals surface area contributed by atoms with Crippen molar-refractivity contribution >= 4 is 29.9 Å². The van der Waals surface area contributed by atoms with E-state index in [0.717, 1.165) is 56.4 Å². The first-order valence-electron chi connectivity index (χ1n) is 7.69. The maximum absolute atomic E-state index is 5.05. The van der Waals surface area contributed by atoms with E-state index in [2.05, 4.69) is 39.3 Å². The Morgan fingerprint density at radius 1 is 1.39 bits per heavy atom. The van der Waals surface area contributed by atoms with Crippen molar-refractivity contribution in [3.63, 3.8) is 0 Å². The lowest BCUT2D eigenvalue weighted by molar-refractivity contribution is 0.195. The van der Waals surface area contributed by atoms with Crippen molar-refractivity contribution < 1.29 is 4.74 Å². The first-order valence-corrected chi connectivity index (χ1v) is 7.69. The van der Waals surface area contributed by atoms with Crippen LogP contribution in [0, 0.1) is 0 Å². The number of aliphatic imine (C=N–C) groups is 1. The summed E-state index contributed by atoms with van der Waals surface area (Å²) in [6.45, 7) is 11.7. The second kappa shape index (κ2) is 13.3. The molecular formula is C15H29IN6O. The third-order valence-corrected chi connectivity index (χ3v) is 2.98. The molecule has 132 valence electrons. The molecule has 1 aromatic rings. The molecule has 0 aliphatic carbocycles. The molecule has 2 N–H and O–H groups in total. The number of halogens is 1. The van der Waals surface area contributed by atoms with Crippen LogP contribution in [-0.2, 0) is 17.7 Å². The summed E-state index contributed by atoms with van der Waals surface area (Å²) in [5.41, 5.74) is 1.03. The van der Waals surface area contributed by atoms with Crippen LogP contribution in [0.5, 0.6) is 0 Å². The number of hydrogen-bond acceptors (Lipinski definition) is 4. The number of ether oxygens (including phenoxy) is 1. The molecule has 0 saturated carbocycles. The Balaban J connectivity index is 0.00000484. The maximum atomic E-state index is 5.05. The van der Waals surface area contributed by atoms with E-state index in [-0.39, 0.29) is 24.0 Å². The van der Waals surface area contributed by atoms with Crippen LogP contribution in [0.15, 0.2) is 23.5 Å². The van der Waals surface area contributed by atoms with Crippen LogP contribution in [-0.4, -0.2) is 54.1 Å². The molecule has 1 rings (SSSR count). The monoisotopic (exact) mass is 436 g/mol. The predicted octanol–water partition coefficient (Wildman–Crippen LogP) is 1.61. The van der Waals surface area contributed by atoms with Crippen LogP contribution in [0.2, 0.25) is 0 Å². The first kappa shape index (κ1) is 21.8. The number of methoxy groups -OCH3 is 1. The SMILES string of the molecule is C=C(C)CN=C(NCCCOC)NCCn1cnnc1CC.I. The third kappa shape index (κ3) is 9.54. The van der Waals surface area contributed by atoms with Gasteiger partial charge in [0.25, 0.3) is 0 Å². The van der Waals surface area contributed by atoms with E-state index >= 15 is 0 Å². The lowest BCUT2D eigenvalue weighted by Gasteiger charge is -2.13. The molecule has 0 amide bonds. The van der Waals surface area contributed by atoms with Gasteiger partial charge in [-0.05, 0) is 13.3 Å². The quantitative estimate of drug-likeness (QED) is 0.192. The first-order chi connectivity index (χ1) is 10.7. The molecule has 0 fully saturated rings. The van der Waals surface area contributed by atoms with E-state index in [9.17, 15) is 0 Å². The van der Waals surface area contributed by atoms with Crippen molar-refractivity contribution in [3.05, 3.63) is 24.3 Å². The number of rotatable bonds is 10. The molecule has 0 radical (unpaired) electrons. The van der Waals surface area contributed by atoms with E-state index in [1.165, 1.54) is 0 Å². The Morgan fingerprint density at radius 3 is 2.78 bits per heavy atom. The molecule has 1 heterocycles. The molecule has 23 heavy (non-hydrogen) atoms. The summed E-state index contributed by atoms with van der Waals surface area (Å²) in [6.07, 6.45) is 3.58. The van der Waals surface area contributed by atoms with Gasteiger partial charge in [0, 0.05) is 39.8 Å². The van der Waals surface area contributed by atoms with Gasteiger partial charge in [-0.2, -0.15) is 0 Å². The number of aromatic nitrogens is 3. The number of nitrogens with one attached hydrogen (secondary N) is 2. The molecule has 8 heteroatoms. The number of nitrogens with zero attached hydrogens (tertiary/aromatic N) is 4. The normalized spacial score (nSPS) is 11.0. The van der Waals surface area contributed by atoms with Gasteiger partial charge < -0.3 is 19.9 Å². The minimum Gasteiger partial charge on any atom is -0.385 e. The Hall–Kier alpha value is -1.16. The highest BCUT2D eigenvalue weighted by Crippen LogP contribution is 1.95. The molecule has 0 aliphatic rings. The standard InChI is InChI=1S/C15H28N6O.HI/c1-5-14-20-19-12-21(14)9-8-17-15(18-11-13(2)3)16-7-6-10-22-4;/h12H,2,5-11H2,1,3-4H3,(H2,16,17,18);1H. The summed E-state index contributed by atoms with van der Waals surface area (Å²) < 4.78 is 7.10. The molecule has 0 bridgehead atoms. The molecule has 0 atom stereocenters. The van der Waals surface area contributed by atoms with E-state index in [1.54, 1.807) is 13.4 Å². The van der Waals surface area contributed by atoms with Gasteiger partial charge in [0.2, 0.25) is 0 Å². The highest BCUT2D eigenvalue weighted by atomic mass is 127. The molecule has 1 aromatic heterocycles. The lowest BCUT2D eigenvalue weighted by atomic mass is 10.4. The topological polar surface area (TPSA) is 76.4 Å². The second-order valence-electron chi connectivity index (χ2n) is 5.12. The summed E-state index contributed by atoms with van der Waals surface area (Å²) in [5.74, 6) is 1.79. The van der Waals surface area contributed by atoms with E-state index in [1.807, 2.05) is 11.5 Å². The summed E-state index contributed by atoms with van der Waals surface area (Å²) in [7, 11) is 1.71. The van der Waals surface area contributed by atoms with Crippen LogP contribution < -0.4 is 10.6 Å². The molecule has 0 unspecified atom stereocenters. The van der Waals surface area contributed by atoms with Crippen LogP contribution >= 0.6 is 24.0 Å². The van der Waals surface area contributed by atoms with Crippen molar-refractivity contribution in [2.75, 3.05) is 33.4 Å². The van der Waals surface area contributed by atoms with Gasteiger partial charge in [-0.15, -0.1) is 34.2 Å². The fraction of sp³-hybridized carbons (Fsp3) is 0.667. The van der Waals surface area contributed by atoms with Gasteiger partial charge in [0.1, 0.15) is 12.2 Å². The fourth-order valence-electron chi connectivity index (χ4n) is 1.85. The Bertz CT molecular complexity index is 474. The fourth-order valence-corrected chi connectivity index (χ4v) is 1.85. The van der Waals surface area contributed by atoms with E-state index < -0.39 is 0 Å². The third-order valence-electron chi connectivity index (χ3n) is 2.98. The number of hydrogen-bond donors (Lipinski definition) is 2. The van der Waals surface area contributed by atoms with Crippen molar-refractivity contribution in [1.29, 1.82) is 0 Å². The van der Waals surface area contributed by atoms with Crippen LogP contribution in [0.1, 0.15) is 26.1 Å². The zero-order valence-electron chi connectivity index (χ0n) is 14.3. The maximum Gasteiger partial charge on any atom is 0.191 e. The minimum absolute atomic E-state index is 0. The number of aryl methyl sites for hydroxylation is 1. The van der Waals surface area contributed by atoms with Gasteiger partial charge in [0.15, 0.2) is 5.96 Å². The Kier molecular flexibility index (Phi) is 12.6. The summed E-state index contributed by atoms with van der Waals surface area (Å²) in [6, 6.07) is 0. The zero-order chi connectivity index (χ0) is 16.2. The van der Waals surface area contributed by atoms with Crippen molar-refractivity contribution in [2.24, 2.45) is 4.99 Å². The van der Waals surface area contributed by atoms with Gasteiger partial charge in [0.05, 0.1) is 6.54 Å². The average molecular weight is 436 g/mol. The lowest BCUT2D eigenvalue weighted by Crippen LogP contribution is -2.40. The number of guanidine groups is 1. The van der Waals surface area contributed by atoms with Crippen molar-refractivity contribution in [2.45, 2.75) is 33.2 Å². The minimum atomic E-state index is 0. The Morgan fingerprint density at radius 2 is 2.13 bits per heavy atom. The molecular weight excluding hydrogens is 407 g/mol. The van der Waals surface area contributed by atoms with Crippen LogP contribution in [0.4, 0.5) is 0 Å². The van der Waals surface area contributed by atoms with Crippen LogP contribution in [0.3, 0.4) is 0 Å². The zero-order valence-corrected chi connectivity index (χ0v) is 16.7. The van der Waals surface area contributed by atoms with Gasteiger partial charge in [-0.3, -0.25) is 0 Å². The van der Waals surface area contributed by atoms with Gasteiger partial charge >= 0.3 is 0 Å². The smallest absolute Gasteiger partial charge is 0.191 e. The molecule has 0 saturated heterocycles. The average Bonchev–Trinajstić information content (AvgIpc) is 2.95. The predicted molar refractivity (Wildman–Crippen MR) is 104 cm³/mol. The largest absolute Gasteiger partial charge is 0.385 e. The second-order valence-corrected chi connectivity index (χ2v) is 5.12. The van der Waals surface area contributed by atoms with Gasteiger partial charge in [-0.25, -0.2) is 4.99 Å². The van der Waals surface area contributed by atoms with Crippen LogP contribution in [0.25, 0.3) is 0 Å². The van der Waals surface area contributed by atoms with Crippen molar-refractivity contribution in [3.8, 4) is 0 Å². The highest BCUT2D eigenvalue weighted by Gasteiger charge is 2.02. The molecule has 0 aliphatic heterocycles. The molecule has 0 aromatic carbocycles. The highest BCUT2D eigenvalue weighted by molar-refractivity contribution is 14.0. The van der Waals surface area contributed by atoms with E-state index in [4.69, 9.17) is 4.74 Å².